The number of nitrogens with zero attached hydrogens (tertiary/aromatic N) is 1. The second-order valence-electron chi connectivity index (χ2n) is 3.36. The van der Waals surface area contributed by atoms with Gasteiger partial charge in [0, 0.05) is 19.8 Å². The Balaban J connectivity index is 3.46. The lowest BCUT2D eigenvalue weighted by Crippen LogP contribution is -2.33. The average Bonchev–Trinajstić information content (AvgIpc) is 2.12. The predicted octanol–water partition coefficient (Wildman–Crippen LogP) is 1.43. The molecule has 0 radical (unpaired) electrons. The molecule has 0 aromatic heterocycles. The Kier molecular flexibility index (Phi) is 8.40. The highest BCUT2D eigenvalue weighted by Gasteiger charge is 2.05. The summed E-state index contributed by atoms with van der Waals surface area (Å²) in [6, 6.07) is 0. The van der Waals surface area contributed by atoms with Crippen LogP contribution in [0.25, 0.3) is 0 Å². The maximum atomic E-state index is 5.60. The highest BCUT2D eigenvalue weighted by molar-refractivity contribution is 4.57. The van der Waals surface area contributed by atoms with Crippen LogP contribution in [0, 0.1) is 0 Å². The van der Waals surface area contributed by atoms with Gasteiger partial charge in [-0.2, -0.15) is 0 Å². The Labute approximate surface area is 82.2 Å². The van der Waals surface area contributed by atoms with Crippen LogP contribution in [0.15, 0.2) is 0 Å². The Morgan fingerprint density at radius 3 is 2.46 bits per heavy atom. The molecule has 3 nitrogen and oxygen atoms in total. The summed E-state index contributed by atoms with van der Waals surface area (Å²) >= 11 is 0. The predicted molar refractivity (Wildman–Crippen MR) is 56.6 cm³/mol. The van der Waals surface area contributed by atoms with E-state index in [0.717, 1.165) is 26.1 Å². The molecule has 0 spiro atoms. The number of ether oxygens (including phenoxy) is 1. The van der Waals surface area contributed by atoms with E-state index in [9.17, 15) is 0 Å². The molecule has 0 saturated heterocycles. The minimum Gasteiger partial charge on any atom is -0.379 e. The van der Waals surface area contributed by atoms with E-state index in [4.69, 9.17) is 10.5 Å². The fourth-order valence-corrected chi connectivity index (χ4v) is 1.34. The van der Waals surface area contributed by atoms with E-state index in [1.807, 2.05) is 6.92 Å². The fourth-order valence-electron chi connectivity index (χ4n) is 1.34. The molecule has 0 rings (SSSR count). The molecule has 0 saturated carbocycles. The van der Waals surface area contributed by atoms with Crippen LogP contribution in [0.1, 0.15) is 33.6 Å². The van der Waals surface area contributed by atoms with Gasteiger partial charge in [0.2, 0.25) is 0 Å². The SMILES string of the molecule is CCCN(CN)CC[C@@H](C)OCC. The molecule has 0 aliphatic heterocycles. The molecule has 0 heterocycles. The second kappa shape index (κ2) is 8.48. The molecule has 2 N–H and O–H groups in total. The summed E-state index contributed by atoms with van der Waals surface area (Å²) in [5.74, 6) is 0. The number of rotatable bonds is 8. The average molecular weight is 188 g/mol. The van der Waals surface area contributed by atoms with Crippen LogP contribution in [0.4, 0.5) is 0 Å². The highest BCUT2D eigenvalue weighted by atomic mass is 16.5. The number of hydrogen-bond donors (Lipinski definition) is 1. The lowest BCUT2D eigenvalue weighted by Gasteiger charge is -2.21. The first-order valence-electron chi connectivity index (χ1n) is 5.28. The third kappa shape index (κ3) is 6.99. The summed E-state index contributed by atoms with van der Waals surface area (Å²) in [6.07, 6.45) is 2.60. The van der Waals surface area contributed by atoms with E-state index in [2.05, 4.69) is 18.7 Å². The van der Waals surface area contributed by atoms with E-state index < -0.39 is 0 Å². The van der Waals surface area contributed by atoms with E-state index in [-0.39, 0.29) is 0 Å². The van der Waals surface area contributed by atoms with Crippen LogP contribution in [0.2, 0.25) is 0 Å². The van der Waals surface area contributed by atoms with Crippen molar-refractivity contribution in [2.45, 2.75) is 39.7 Å². The largest absolute Gasteiger partial charge is 0.379 e. The zero-order valence-corrected chi connectivity index (χ0v) is 9.25. The van der Waals surface area contributed by atoms with Crippen LogP contribution < -0.4 is 5.73 Å². The van der Waals surface area contributed by atoms with Gasteiger partial charge in [0.25, 0.3) is 0 Å². The monoisotopic (exact) mass is 188 g/mol. The molecule has 0 aliphatic carbocycles. The van der Waals surface area contributed by atoms with E-state index in [0.29, 0.717) is 12.8 Å². The van der Waals surface area contributed by atoms with Crippen molar-refractivity contribution in [2.24, 2.45) is 5.73 Å². The van der Waals surface area contributed by atoms with Crippen LogP contribution in [0.3, 0.4) is 0 Å². The first-order chi connectivity index (χ1) is 6.24. The molecular formula is C10H24N2O. The van der Waals surface area contributed by atoms with Gasteiger partial charge in [-0.15, -0.1) is 0 Å². The number of nitrogens with two attached hydrogens (primary N) is 1. The molecule has 3 heteroatoms. The van der Waals surface area contributed by atoms with Gasteiger partial charge in [-0.1, -0.05) is 6.92 Å². The maximum absolute atomic E-state index is 5.60. The lowest BCUT2D eigenvalue weighted by molar-refractivity contribution is 0.0614. The minimum absolute atomic E-state index is 0.357. The van der Waals surface area contributed by atoms with Gasteiger partial charge >= 0.3 is 0 Å². The molecule has 0 aromatic carbocycles. The smallest absolute Gasteiger partial charge is 0.0559 e. The summed E-state index contributed by atoms with van der Waals surface area (Å²) in [5, 5.41) is 0. The maximum Gasteiger partial charge on any atom is 0.0559 e. The molecule has 0 bridgehead atoms. The van der Waals surface area contributed by atoms with Gasteiger partial charge in [-0.25, -0.2) is 0 Å². The molecule has 0 amide bonds. The van der Waals surface area contributed by atoms with Gasteiger partial charge in [0.15, 0.2) is 0 Å². The summed E-state index contributed by atoms with van der Waals surface area (Å²) < 4.78 is 5.45. The van der Waals surface area contributed by atoms with Crippen LogP contribution in [-0.2, 0) is 4.74 Å². The molecule has 0 unspecified atom stereocenters. The van der Waals surface area contributed by atoms with Crippen molar-refractivity contribution in [3.8, 4) is 0 Å². The third-order valence-corrected chi connectivity index (χ3v) is 2.10. The van der Waals surface area contributed by atoms with Gasteiger partial charge < -0.3 is 10.5 Å². The van der Waals surface area contributed by atoms with Crippen LogP contribution in [-0.4, -0.2) is 37.4 Å². The van der Waals surface area contributed by atoms with Crippen molar-refractivity contribution in [3.63, 3.8) is 0 Å². The Morgan fingerprint density at radius 2 is 2.00 bits per heavy atom. The molecule has 80 valence electrons. The fraction of sp³-hybridized carbons (Fsp3) is 1.00. The molecule has 1 atom stereocenters. The van der Waals surface area contributed by atoms with E-state index >= 15 is 0 Å². The molecule has 0 aliphatic rings. The Bertz CT molecular complexity index is 109. The summed E-state index contributed by atoms with van der Waals surface area (Å²) in [6.45, 7) is 9.92. The molecule has 0 aromatic rings. The third-order valence-electron chi connectivity index (χ3n) is 2.10. The van der Waals surface area contributed by atoms with Gasteiger partial charge in [-0.3, -0.25) is 4.90 Å². The summed E-state index contributed by atoms with van der Waals surface area (Å²) in [7, 11) is 0. The van der Waals surface area contributed by atoms with Crippen LogP contribution >= 0.6 is 0 Å². The normalized spacial score (nSPS) is 13.6. The standard InChI is InChI=1S/C10H24N2O/c1-4-7-12(9-11)8-6-10(3)13-5-2/h10H,4-9,11H2,1-3H3/t10-/m1/s1. The highest BCUT2D eigenvalue weighted by Crippen LogP contribution is 1.99. The Morgan fingerprint density at radius 1 is 1.31 bits per heavy atom. The van der Waals surface area contributed by atoms with Gasteiger partial charge in [-0.05, 0) is 33.2 Å². The van der Waals surface area contributed by atoms with Gasteiger partial charge in [0.1, 0.15) is 0 Å². The van der Waals surface area contributed by atoms with Crippen molar-refractivity contribution in [1.29, 1.82) is 0 Å². The summed E-state index contributed by atoms with van der Waals surface area (Å²) in [5.41, 5.74) is 5.60. The van der Waals surface area contributed by atoms with Crippen molar-refractivity contribution in [2.75, 3.05) is 26.4 Å². The minimum atomic E-state index is 0.357. The van der Waals surface area contributed by atoms with Crippen molar-refractivity contribution >= 4 is 0 Å². The van der Waals surface area contributed by atoms with Gasteiger partial charge in [0.05, 0.1) is 6.10 Å². The zero-order valence-electron chi connectivity index (χ0n) is 9.25. The number of hydrogen-bond acceptors (Lipinski definition) is 3. The molecule has 0 fully saturated rings. The first kappa shape index (κ1) is 12.9. The topological polar surface area (TPSA) is 38.5 Å². The summed E-state index contributed by atoms with van der Waals surface area (Å²) in [4.78, 5) is 2.26. The molecule has 13 heavy (non-hydrogen) atoms. The van der Waals surface area contributed by atoms with Crippen molar-refractivity contribution in [1.82, 2.24) is 4.90 Å². The first-order valence-corrected chi connectivity index (χ1v) is 5.28. The van der Waals surface area contributed by atoms with E-state index in [1.54, 1.807) is 0 Å². The lowest BCUT2D eigenvalue weighted by atomic mass is 10.2. The molecular weight excluding hydrogens is 164 g/mol. The Hall–Kier alpha value is -0.120. The van der Waals surface area contributed by atoms with Crippen molar-refractivity contribution < 1.29 is 4.74 Å². The van der Waals surface area contributed by atoms with Crippen LogP contribution in [0.5, 0.6) is 0 Å². The quantitative estimate of drug-likeness (QED) is 0.586. The second-order valence-corrected chi connectivity index (χ2v) is 3.36. The zero-order chi connectivity index (χ0) is 10.1. The van der Waals surface area contributed by atoms with Crippen molar-refractivity contribution in [3.05, 3.63) is 0 Å². The van der Waals surface area contributed by atoms with E-state index in [1.165, 1.54) is 6.42 Å².